The van der Waals surface area contributed by atoms with Crippen LogP contribution in [0.4, 0.5) is 0 Å². The minimum absolute atomic E-state index is 0.273. The minimum atomic E-state index is -0.607. The maximum absolute atomic E-state index is 13.0. The lowest BCUT2D eigenvalue weighted by Gasteiger charge is -2.26. The molecule has 2 heterocycles. The van der Waals surface area contributed by atoms with Crippen LogP contribution in [0.1, 0.15) is 53.5 Å². The molecule has 2 aromatic heterocycles. The SMILES string of the molecule is Cc1nc(C2(NC(=O)c3oc4c(Cl)cccc4c3C)CCCC2)no1. The average molecular weight is 360 g/mol. The van der Waals surface area contributed by atoms with Crippen molar-refractivity contribution in [3.05, 3.63) is 46.3 Å². The topological polar surface area (TPSA) is 81.2 Å². The Morgan fingerprint density at radius 2 is 2.04 bits per heavy atom. The molecule has 3 aromatic rings. The monoisotopic (exact) mass is 359 g/mol. The van der Waals surface area contributed by atoms with Crippen molar-refractivity contribution in [1.29, 1.82) is 0 Å². The Balaban J connectivity index is 1.71. The second kappa shape index (κ2) is 5.88. The van der Waals surface area contributed by atoms with Crippen LogP contribution in [-0.2, 0) is 5.54 Å². The smallest absolute Gasteiger partial charge is 0.288 e. The number of rotatable bonds is 3. The van der Waals surface area contributed by atoms with Crippen molar-refractivity contribution in [2.45, 2.75) is 45.1 Å². The number of furan rings is 1. The first-order valence-electron chi connectivity index (χ1n) is 8.31. The van der Waals surface area contributed by atoms with Gasteiger partial charge in [-0.05, 0) is 25.8 Å². The van der Waals surface area contributed by atoms with Gasteiger partial charge >= 0.3 is 0 Å². The summed E-state index contributed by atoms with van der Waals surface area (Å²) >= 11 is 6.19. The van der Waals surface area contributed by atoms with Gasteiger partial charge in [0.25, 0.3) is 5.91 Å². The number of aryl methyl sites for hydroxylation is 2. The highest BCUT2D eigenvalue weighted by Crippen LogP contribution is 2.38. The highest BCUT2D eigenvalue weighted by Gasteiger charge is 2.42. The molecule has 1 aromatic carbocycles. The summed E-state index contributed by atoms with van der Waals surface area (Å²) in [6, 6.07) is 5.48. The van der Waals surface area contributed by atoms with Gasteiger partial charge in [0.15, 0.2) is 17.2 Å². The molecule has 0 spiro atoms. The highest BCUT2D eigenvalue weighted by atomic mass is 35.5. The normalized spacial score (nSPS) is 16.4. The number of nitrogens with one attached hydrogen (secondary N) is 1. The van der Waals surface area contributed by atoms with Crippen molar-refractivity contribution in [1.82, 2.24) is 15.5 Å². The molecule has 0 radical (unpaired) electrons. The number of hydrogen-bond donors (Lipinski definition) is 1. The van der Waals surface area contributed by atoms with E-state index in [1.807, 2.05) is 19.1 Å². The molecule has 0 unspecified atom stereocenters. The van der Waals surface area contributed by atoms with Crippen molar-refractivity contribution >= 4 is 28.5 Å². The van der Waals surface area contributed by atoms with Gasteiger partial charge in [-0.3, -0.25) is 4.79 Å². The molecule has 25 heavy (non-hydrogen) atoms. The zero-order valence-corrected chi connectivity index (χ0v) is 14.8. The van der Waals surface area contributed by atoms with Crippen LogP contribution in [0.3, 0.4) is 0 Å². The molecule has 1 aliphatic rings. The lowest BCUT2D eigenvalue weighted by Crippen LogP contribution is -2.44. The lowest BCUT2D eigenvalue weighted by molar-refractivity contribution is 0.0864. The first kappa shape index (κ1) is 16.1. The van der Waals surface area contributed by atoms with Crippen LogP contribution in [-0.4, -0.2) is 16.0 Å². The summed E-state index contributed by atoms with van der Waals surface area (Å²) in [4.78, 5) is 17.3. The predicted octanol–water partition coefficient (Wildman–Crippen LogP) is 4.29. The Kier molecular flexibility index (Phi) is 3.80. The van der Waals surface area contributed by atoms with E-state index in [1.54, 1.807) is 13.0 Å². The second-order valence-corrected chi connectivity index (χ2v) is 6.96. The number of amides is 1. The van der Waals surface area contributed by atoms with E-state index >= 15 is 0 Å². The van der Waals surface area contributed by atoms with Crippen LogP contribution in [0.2, 0.25) is 5.02 Å². The van der Waals surface area contributed by atoms with E-state index in [2.05, 4.69) is 15.5 Å². The van der Waals surface area contributed by atoms with Crippen LogP contribution in [0.15, 0.2) is 27.1 Å². The average Bonchev–Trinajstić information content (AvgIpc) is 3.29. The fraction of sp³-hybridized carbons (Fsp3) is 0.389. The molecule has 0 aliphatic heterocycles. The number of nitrogens with zero attached hydrogens (tertiary/aromatic N) is 2. The van der Waals surface area contributed by atoms with E-state index in [1.165, 1.54) is 0 Å². The zero-order valence-electron chi connectivity index (χ0n) is 14.1. The summed E-state index contributed by atoms with van der Waals surface area (Å²) in [6.45, 7) is 3.60. The third-order valence-electron chi connectivity index (χ3n) is 4.89. The predicted molar refractivity (Wildman–Crippen MR) is 92.6 cm³/mol. The first-order chi connectivity index (χ1) is 12.0. The Morgan fingerprint density at radius 3 is 2.68 bits per heavy atom. The van der Waals surface area contributed by atoms with E-state index in [0.717, 1.165) is 36.6 Å². The summed E-state index contributed by atoms with van der Waals surface area (Å²) in [5, 5.41) is 8.47. The number of hydrogen-bond acceptors (Lipinski definition) is 5. The van der Waals surface area contributed by atoms with Crippen molar-refractivity contribution < 1.29 is 13.7 Å². The van der Waals surface area contributed by atoms with Crippen LogP contribution in [0, 0.1) is 13.8 Å². The summed E-state index contributed by atoms with van der Waals surface area (Å²) in [5.74, 6) is 1.01. The number of halogens is 1. The van der Waals surface area contributed by atoms with Crippen LogP contribution < -0.4 is 5.32 Å². The third kappa shape index (κ3) is 2.61. The van der Waals surface area contributed by atoms with Gasteiger partial charge in [-0.2, -0.15) is 4.98 Å². The fourth-order valence-electron chi connectivity index (χ4n) is 3.58. The van der Waals surface area contributed by atoms with E-state index < -0.39 is 5.54 Å². The van der Waals surface area contributed by atoms with E-state index in [9.17, 15) is 4.79 Å². The van der Waals surface area contributed by atoms with Crippen molar-refractivity contribution in [3.8, 4) is 0 Å². The van der Waals surface area contributed by atoms with E-state index in [-0.39, 0.29) is 11.7 Å². The van der Waals surface area contributed by atoms with E-state index in [0.29, 0.717) is 22.3 Å². The van der Waals surface area contributed by atoms with Crippen molar-refractivity contribution in [2.24, 2.45) is 0 Å². The largest absolute Gasteiger partial charge is 0.449 e. The van der Waals surface area contributed by atoms with Gasteiger partial charge in [0, 0.05) is 17.9 Å². The Labute approximate surface area is 149 Å². The molecular weight excluding hydrogens is 342 g/mol. The van der Waals surface area contributed by atoms with E-state index in [4.69, 9.17) is 20.5 Å². The molecule has 0 atom stereocenters. The molecule has 7 heteroatoms. The summed E-state index contributed by atoms with van der Waals surface area (Å²) in [6.07, 6.45) is 3.55. The van der Waals surface area contributed by atoms with Gasteiger partial charge in [-0.15, -0.1) is 0 Å². The summed E-state index contributed by atoms with van der Waals surface area (Å²) in [5.41, 5.74) is 0.694. The second-order valence-electron chi connectivity index (χ2n) is 6.55. The fourth-order valence-corrected chi connectivity index (χ4v) is 3.79. The number of benzene rings is 1. The van der Waals surface area contributed by atoms with Crippen molar-refractivity contribution in [2.75, 3.05) is 0 Å². The molecule has 1 N–H and O–H groups in total. The zero-order chi connectivity index (χ0) is 17.6. The van der Waals surface area contributed by atoms with Gasteiger partial charge < -0.3 is 14.3 Å². The lowest BCUT2D eigenvalue weighted by atomic mass is 9.96. The van der Waals surface area contributed by atoms with Crippen LogP contribution in [0.5, 0.6) is 0 Å². The molecule has 1 aliphatic carbocycles. The highest BCUT2D eigenvalue weighted by molar-refractivity contribution is 6.35. The Bertz CT molecular complexity index is 954. The molecule has 6 nitrogen and oxygen atoms in total. The third-order valence-corrected chi connectivity index (χ3v) is 5.19. The quantitative estimate of drug-likeness (QED) is 0.754. The molecule has 1 fully saturated rings. The minimum Gasteiger partial charge on any atom is -0.449 e. The molecule has 0 saturated heterocycles. The first-order valence-corrected chi connectivity index (χ1v) is 8.69. The molecule has 4 rings (SSSR count). The van der Waals surface area contributed by atoms with Gasteiger partial charge in [0.2, 0.25) is 5.89 Å². The standard InChI is InChI=1S/C18H18ClN3O3/c1-10-12-6-5-7-13(19)15(12)24-14(10)16(23)21-18(8-3-4-9-18)17-20-11(2)25-22-17/h5-7H,3-4,8-9H2,1-2H3,(H,21,23). The van der Waals surface area contributed by atoms with Gasteiger partial charge in [-0.25, -0.2) is 0 Å². The van der Waals surface area contributed by atoms with Gasteiger partial charge in [0.1, 0.15) is 5.54 Å². The maximum Gasteiger partial charge on any atom is 0.288 e. The molecule has 130 valence electrons. The molecule has 0 bridgehead atoms. The number of aromatic nitrogens is 2. The van der Waals surface area contributed by atoms with Gasteiger partial charge in [0.05, 0.1) is 5.02 Å². The Hall–Kier alpha value is -2.34. The summed E-state index contributed by atoms with van der Waals surface area (Å²) in [7, 11) is 0. The van der Waals surface area contributed by atoms with Crippen LogP contribution >= 0.6 is 11.6 Å². The molecule has 1 amide bonds. The Morgan fingerprint density at radius 1 is 1.28 bits per heavy atom. The number of carbonyl (C=O) groups is 1. The maximum atomic E-state index is 13.0. The number of carbonyl (C=O) groups excluding carboxylic acids is 1. The molecule has 1 saturated carbocycles. The van der Waals surface area contributed by atoms with Crippen LogP contribution in [0.25, 0.3) is 11.0 Å². The number of fused-ring (bicyclic) bond motifs is 1. The number of para-hydroxylation sites is 1. The van der Waals surface area contributed by atoms with Crippen molar-refractivity contribution in [3.63, 3.8) is 0 Å². The van der Waals surface area contributed by atoms with Gasteiger partial charge in [-0.1, -0.05) is 41.7 Å². The molecular formula is C18H18ClN3O3. The summed E-state index contributed by atoms with van der Waals surface area (Å²) < 4.78 is 10.9.